The Bertz CT molecular complexity index is 536. The quantitative estimate of drug-likeness (QED) is 0.382. The highest BCUT2D eigenvalue weighted by Gasteiger charge is 2.29. The Labute approximate surface area is 166 Å². The number of benzene rings is 1. The highest BCUT2D eigenvalue weighted by molar-refractivity contribution is 14.0. The fourth-order valence-electron chi connectivity index (χ4n) is 2.51. The van der Waals surface area contributed by atoms with Gasteiger partial charge in [0.05, 0.1) is 17.2 Å². The minimum Gasteiger partial charge on any atom is -0.487 e. The second-order valence-corrected chi connectivity index (χ2v) is 6.47. The molecule has 2 unspecified atom stereocenters. The number of nitrogens with one attached hydrogen (secondary N) is 2. The van der Waals surface area contributed by atoms with Gasteiger partial charge in [0.15, 0.2) is 5.96 Å². The maximum atomic E-state index is 6.10. The summed E-state index contributed by atoms with van der Waals surface area (Å²) in [6.45, 7) is 6.33. The summed E-state index contributed by atoms with van der Waals surface area (Å²) in [5.74, 6) is 1.44. The van der Waals surface area contributed by atoms with E-state index in [1.165, 1.54) is 0 Å². The molecule has 2 atom stereocenters. The van der Waals surface area contributed by atoms with Crippen molar-refractivity contribution in [2.75, 3.05) is 26.7 Å². The molecule has 0 bridgehead atoms. The molecule has 0 radical (unpaired) electrons. The molecule has 136 valence electrons. The van der Waals surface area contributed by atoms with E-state index in [1.807, 2.05) is 31.2 Å². The second-order valence-electron chi connectivity index (χ2n) is 6.07. The van der Waals surface area contributed by atoms with Crippen molar-refractivity contribution in [2.45, 2.75) is 38.4 Å². The highest BCUT2D eigenvalue weighted by atomic mass is 127. The zero-order chi connectivity index (χ0) is 16.7. The first kappa shape index (κ1) is 21.3. The molecule has 0 amide bonds. The molecule has 0 saturated carbocycles. The minimum atomic E-state index is -0.0999. The Morgan fingerprint density at radius 3 is 2.79 bits per heavy atom. The zero-order valence-electron chi connectivity index (χ0n) is 14.5. The summed E-state index contributed by atoms with van der Waals surface area (Å²) in [4.78, 5) is 4.23. The van der Waals surface area contributed by atoms with Gasteiger partial charge in [-0.15, -0.1) is 24.0 Å². The lowest BCUT2D eigenvalue weighted by Crippen LogP contribution is -2.47. The van der Waals surface area contributed by atoms with Gasteiger partial charge in [-0.25, -0.2) is 0 Å². The summed E-state index contributed by atoms with van der Waals surface area (Å²) < 4.78 is 11.6. The number of para-hydroxylation sites is 1. The molecule has 2 rings (SSSR count). The van der Waals surface area contributed by atoms with Crippen molar-refractivity contribution < 1.29 is 9.47 Å². The standard InChI is InChI=1S/C17H26ClN3O2.HI/c1-13(23-15-8-5-4-7-14(15)18)11-20-16(19-3)21-12-17(2)9-6-10-22-17;/h4-5,7-8,13H,6,9-12H2,1-3H3,(H2,19,20,21);1H. The fraction of sp³-hybridized carbons (Fsp3) is 0.588. The molecule has 1 aromatic rings. The van der Waals surface area contributed by atoms with Crippen molar-refractivity contribution in [3.05, 3.63) is 29.3 Å². The lowest BCUT2D eigenvalue weighted by molar-refractivity contribution is 0.0242. The molecular formula is C17H27ClIN3O2. The van der Waals surface area contributed by atoms with Gasteiger partial charge < -0.3 is 20.1 Å². The lowest BCUT2D eigenvalue weighted by Gasteiger charge is -2.25. The smallest absolute Gasteiger partial charge is 0.191 e. The van der Waals surface area contributed by atoms with Gasteiger partial charge in [-0.2, -0.15) is 0 Å². The minimum absolute atomic E-state index is 0. The maximum absolute atomic E-state index is 6.10. The summed E-state index contributed by atoms with van der Waals surface area (Å²) >= 11 is 6.10. The lowest BCUT2D eigenvalue weighted by atomic mass is 10.0. The van der Waals surface area contributed by atoms with E-state index in [-0.39, 0.29) is 35.7 Å². The van der Waals surface area contributed by atoms with E-state index in [4.69, 9.17) is 21.1 Å². The number of hydrogen-bond acceptors (Lipinski definition) is 3. The third-order valence-electron chi connectivity index (χ3n) is 3.88. The third-order valence-corrected chi connectivity index (χ3v) is 4.19. The summed E-state index contributed by atoms with van der Waals surface area (Å²) in [5.41, 5.74) is -0.0999. The van der Waals surface area contributed by atoms with Crippen molar-refractivity contribution in [3.8, 4) is 5.75 Å². The van der Waals surface area contributed by atoms with Crippen LogP contribution < -0.4 is 15.4 Å². The van der Waals surface area contributed by atoms with Crippen LogP contribution in [0.2, 0.25) is 5.02 Å². The Morgan fingerprint density at radius 1 is 1.42 bits per heavy atom. The third kappa shape index (κ3) is 6.64. The average molecular weight is 468 g/mol. The van der Waals surface area contributed by atoms with Crippen molar-refractivity contribution >= 4 is 41.5 Å². The zero-order valence-corrected chi connectivity index (χ0v) is 17.6. The SMILES string of the molecule is CN=C(NCC(C)Oc1ccccc1Cl)NCC1(C)CCCO1.I. The molecule has 1 heterocycles. The molecule has 0 spiro atoms. The number of rotatable bonds is 6. The van der Waals surface area contributed by atoms with Gasteiger partial charge in [-0.3, -0.25) is 4.99 Å². The highest BCUT2D eigenvalue weighted by Crippen LogP contribution is 2.24. The second kappa shape index (κ2) is 10.3. The number of hydrogen-bond donors (Lipinski definition) is 2. The molecule has 24 heavy (non-hydrogen) atoms. The molecule has 2 N–H and O–H groups in total. The predicted octanol–water partition coefficient (Wildman–Crippen LogP) is 3.46. The molecule has 1 fully saturated rings. The van der Waals surface area contributed by atoms with Crippen molar-refractivity contribution in [1.29, 1.82) is 0 Å². The van der Waals surface area contributed by atoms with Crippen molar-refractivity contribution in [1.82, 2.24) is 10.6 Å². The number of aliphatic imine (C=N–C) groups is 1. The summed E-state index contributed by atoms with van der Waals surface area (Å²) in [6.07, 6.45) is 2.16. The number of guanidine groups is 1. The van der Waals surface area contributed by atoms with Gasteiger partial charge in [-0.1, -0.05) is 23.7 Å². The van der Waals surface area contributed by atoms with E-state index in [2.05, 4.69) is 22.5 Å². The first-order valence-corrected chi connectivity index (χ1v) is 8.40. The van der Waals surface area contributed by atoms with Crippen LogP contribution in [0.5, 0.6) is 5.75 Å². The van der Waals surface area contributed by atoms with E-state index >= 15 is 0 Å². The Hall–Kier alpha value is -0.730. The molecule has 1 aliphatic rings. The number of nitrogens with zero attached hydrogens (tertiary/aromatic N) is 1. The fourth-order valence-corrected chi connectivity index (χ4v) is 2.69. The largest absolute Gasteiger partial charge is 0.487 e. The van der Waals surface area contributed by atoms with Crippen LogP contribution >= 0.6 is 35.6 Å². The molecular weight excluding hydrogens is 441 g/mol. The molecule has 7 heteroatoms. The monoisotopic (exact) mass is 467 g/mol. The molecule has 5 nitrogen and oxygen atoms in total. The van der Waals surface area contributed by atoms with Gasteiger partial charge in [0, 0.05) is 20.2 Å². The van der Waals surface area contributed by atoms with E-state index < -0.39 is 0 Å². The number of ether oxygens (including phenoxy) is 2. The van der Waals surface area contributed by atoms with Crippen molar-refractivity contribution in [3.63, 3.8) is 0 Å². The van der Waals surface area contributed by atoms with E-state index in [0.29, 0.717) is 17.3 Å². The topological polar surface area (TPSA) is 54.9 Å². The average Bonchev–Trinajstić information content (AvgIpc) is 2.97. The molecule has 0 aliphatic carbocycles. The van der Waals surface area contributed by atoms with Crippen LogP contribution in [0.25, 0.3) is 0 Å². The predicted molar refractivity (Wildman–Crippen MR) is 110 cm³/mol. The summed E-state index contributed by atoms with van der Waals surface area (Å²) in [6, 6.07) is 7.48. The van der Waals surface area contributed by atoms with Gasteiger partial charge in [0.2, 0.25) is 0 Å². The Kier molecular flexibility index (Phi) is 9.15. The molecule has 0 aromatic heterocycles. The normalized spacial score (nSPS) is 21.8. The first-order chi connectivity index (χ1) is 11.0. The van der Waals surface area contributed by atoms with Crippen molar-refractivity contribution in [2.24, 2.45) is 4.99 Å². The van der Waals surface area contributed by atoms with E-state index in [0.717, 1.165) is 32.0 Å². The van der Waals surface area contributed by atoms with Gasteiger partial charge in [-0.05, 0) is 38.8 Å². The van der Waals surface area contributed by atoms with Crippen LogP contribution in [0.15, 0.2) is 29.3 Å². The number of halogens is 2. The van der Waals surface area contributed by atoms with Crippen LogP contribution in [0, 0.1) is 0 Å². The Morgan fingerprint density at radius 2 is 2.17 bits per heavy atom. The van der Waals surface area contributed by atoms with Crippen LogP contribution in [-0.4, -0.2) is 44.4 Å². The van der Waals surface area contributed by atoms with E-state index in [1.54, 1.807) is 7.05 Å². The molecule has 1 aliphatic heterocycles. The van der Waals surface area contributed by atoms with Crippen LogP contribution in [0.4, 0.5) is 0 Å². The first-order valence-electron chi connectivity index (χ1n) is 8.02. The van der Waals surface area contributed by atoms with Crippen LogP contribution in [-0.2, 0) is 4.74 Å². The molecule has 1 saturated heterocycles. The van der Waals surface area contributed by atoms with Crippen LogP contribution in [0.1, 0.15) is 26.7 Å². The maximum Gasteiger partial charge on any atom is 0.191 e. The van der Waals surface area contributed by atoms with Gasteiger partial charge in [0.25, 0.3) is 0 Å². The Balaban J connectivity index is 0.00000288. The van der Waals surface area contributed by atoms with Gasteiger partial charge in [0.1, 0.15) is 11.9 Å². The van der Waals surface area contributed by atoms with Gasteiger partial charge >= 0.3 is 0 Å². The molecule has 1 aromatic carbocycles. The summed E-state index contributed by atoms with van der Waals surface area (Å²) in [7, 11) is 1.76. The van der Waals surface area contributed by atoms with Crippen LogP contribution in [0.3, 0.4) is 0 Å². The summed E-state index contributed by atoms with van der Waals surface area (Å²) in [5, 5.41) is 7.20. The van der Waals surface area contributed by atoms with E-state index in [9.17, 15) is 0 Å².